The van der Waals surface area contributed by atoms with Gasteiger partial charge in [0.2, 0.25) is 10.0 Å². The molecule has 0 amide bonds. The molecule has 1 aliphatic heterocycles. The molecule has 1 saturated heterocycles. The van der Waals surface area contributed by atoms with E-state index in [9.17, 15) is 8.42 Å². The van der Waals surface area contributed by atoms with Gasteiger partial charge in [0, 0.05) is 22.9 Å². The molecular weight excluding hydrogens is 374 g/mol. The molecule has 1 aromatic rings. The summed E-state index contributed by atoms with van der Waals surface area (Å²) in [5.41, 5.74) is 1.73. The van der Waals surface area contributed by atoms with Gasteiger partial charge in [-0.1, -0.05) is 19.9 Å². The summed E-state index contributed by atoms with van der Waals surface area (Å²) >= 11 is 9.32. The molecule has 3 nitrogen and oxygen atoms in total. The Bertz CT molecular complexity index is 631. The lowest BCUT2D eigenvalue weighted by atomic mass is 10.0. The number of sulfonamides is 1. The number of hydrogen-bond acceptors (Lipinski definition) is 2. The van der Waals surface area contributed by atoms with E-state index in [0.29, 0.717) is 27.7 Å². The largest absolute Gasteiger partial charge is 0.244 e. The topological polar surface area (TPSA) is 37.4 Å². The third kappa shape index (κ3) is 3.31. The van der Waals surface area contributed by atoms with Gasteiger partial charge >= 0.3 is 0 Å². The fraction of sp³-hybridized carbons (Fsp3) is 0.600. The lowest BCUT2D eigenvalue weighted by Gasteiger charge is -2.27. The second-order valence-electron chi connectivity index (χ2n) is 5.93. The van der Waals surface area contributed by atoms with Crippen LogP contribution in [0.1, 0.15) is 37.8 Å². The quantitative estimate of drug-likeness (QED) is 0.714. The fourth-order valence-electron chi connectivity index (χ4n) is 2.93. The van der Waals surface area contributed by atoms with Crippen LogP contribution >= 0.6 is 27.5 Å². The van der Waals surface area contributed by atoms with Crippen molar-refractivity contribution in [1.29, 1.82) is 0 Å². The predicted octanol–water partition coefficient (Wildman–Crippen LogP) is 4.31. The minimum Gasteiger partial charge on any atom is -0.207 e. The molecule has 0 aromatic heterocycles. The van der Waals surface area contributed by atoms with E-state index in [0.717, 1.165) is 24.0 Å². The molecule has 21 heavy (non-hydrogen) atoms. The number of aryl methyl sites for hydroxylation is 1. The highest BCUT2D eigenvalue weighted by molar-refractivity contribution is 9.10. The van der Waals surface area contributed by atoms with Crippen LogP contribution < -0.4 is 0 Å². The summed E-state index contributed by atoms with van der Waals surface area (Å²) in [5, 5.41) is 0. The van der Waals surface area contributed by atoms with Crippen molar-refractivity contribution in [3.8, 4) is 0 Å². The normalized spacial score (nSPS) is 20.4. The molecular formula is C15H21BrClNO2S. The van der Waals surface area contributed by atoms with Crippen LogP contribution in [-0.2, 0) is 15.9 Å². The summed E-state index contributed by atoms with van der Waals surface area (Å²) in [7, 11) is -3.49. The zero-order chi connectivity index (χ0) is 15.8. The van der Waals surface area contributed by atoms with Crippen LogP contribution in [0, 0.1) is 12.8 Å². The summed E-state index contributed by atoms with van der Waals surface area (Å²) in [6, 6.07) is 3.69. The molecule has 1 aromatic carbocycles. The SMILES string of the molecule is Cc1cc(CCl)cc(S(=O)(=O)N2CCCC2C(C)C)c1Br. The Labute approximate surface area is 140 Å². The molecule has 2 rings (SSSR count). The molecule has 1 atom stereocenters. The Hall–Kier alpha value is -0.100. The van der Waals surface area contributed by atoms with Crippen LogP contribution in [0.25, 0.3) is 0 Å². The van der Waals surface area contributed by atoms with Gasteiger partial charge in [-0.25, -0.2) is 8.42 Å². The summed E-state index contributed by atoms with van der Waals surface area (Å²) in [5.74, 6) is 0.628. The van der Waals surface area contributed by atoms with Gasteiger partial charge in [0.05, 0.1) is 4.90 Å². The van der Waals surface area contributed by atoms with Gasteiger partial charge in [-0.3, -0.25) is 0 Å². The van der Waals surface area contributed by atoms with Crippen molar-refractivity contribution in [3.05, 3.63) is 27.7 Å². The number of alkyl halides is 1. The smallest absolute Gasteiger partial charge is 0.207 e. The number of nitrogens with zero attached hydrogens (tertiary/aromatic N) is 1. The summed E-state index contributed by atoms with van der Waals surface area (Å²) in [6.45, 7) is 6.65. The standard InChI is InChI=1S/C15H21BrClNO2S/c1-10(2)13-5-4-6-18(13)21(19,20)14-8-12(9-17)7-11(3)15(14)16/h7-8,10,13H,4-6,9H2,1-3H3. The molecule has 1 heterocycles. The number of hydrogen-bond donors (Lipinski definition) is 0. The van der Waals surface area contributed by atoms with Gasteiger partial charge in [0.15, 0.2) is 0 Å². The number of benzene rings is 1. The molecule has 0 saturated carbocycles. The van der Waals surface area contributed by atoms with Crippen LogP contribution in [0.15, 0.2) is 21.5 Å². The molecule has 0 spiro atoms. The Balaban J connectivity index is 2.51. The lowest BCUT2D eigenvalue weighted by molar-refractivity contribution is 0.315. The zero-order valence-electron chi connectivity index (χ0n) is 12.6. The molecule has 1 fully saturated rings. The fourth-order valence-corrected chi connectivity index (χ4v) is 5.94. The zero-order valence-corrected chi connectivity index (χ0v) is 15.7. The Morgan fingerprint density at radius 3 is 2.67 bits per heavy atom. The first-order chi connectivity index (χ1) is 9.78. The van der Waals surface area contributed by atoms with E-state index >= 15 is 0 Å². The van der Waals surface area contributed by atoms with E-state index in [1.165, 1.54) is 0 Å². The van der Waals surface area contributed by atoms with Crippen LogP contribution in [0.4, 0.5) is 0 Å². The molecule has 1 unspecified atom stereocenters. The van der Waals surface area contributed by atoms with Gasteiger partial charge in [-0.15, -0.1) is 11.6 Å². The molecule has 1 aliphatic rings. The van der Waals surface area contributed by atoms with E-state index in [2.05, 4.69) is 29.8 Å². The van der Waals surface area contributed by atoms with Crippen molar-refractivity contribution < 1.29 is 8.42 Å². The highest BCUT2D eigenvalue weighted by Crippen LogP contribution is 2.35. The van der Waals surface area contributed by atoms with Gasteiger partial charge in [-0.2, -0.15) is 4.31 Å². The van der Waals surface area contributed by atoms with Gasteiger partial charge < -0.3 is 0 Å². The lowest BCUT2D eigenvalue weighted by Crippen LogP contribution is -2.38. The van der Waals surface area contributed by atoms with Gasteiger partial charge in [0.1, 0.15) is 0 Å². The Kier molecular flexibility index (Phi) is 5.40. The highest BCUT2D eigenvalue weighted by atomic mass is 79.9. The van der Waals surface area contributed by atoms with Crippen molar-refractivity contribution in [2.45, 2.75) is 50.4 Å². The molecule has 6 heteroatoms. The summed E-state index contributed by atoms with van der Waals surface area (Å²) < 4.78 is 28.4. The van der Waals surface area contributed by atoms with Crippen molar-refractivity contribution in [1.82, 2.24) is 4.31 Å². The first-order valence-electron chi connectivity index (χ1n) is 7.16. The summed E-state index contributed by atoms with van der Waals surface area (Å²) in [4.78, 5) is 0.339. The Morgan fingerprint density at radius 2 is 2.10 bits per heavy atom. The minimum atomic E-state index is -3.49. The van der Waals surface area contributed by atoms with E-state index < -0.39 is 10.0 Å². The number of rotatable bonds is 4. The average molecular weight is 395 g/mol. The number of halogens is 2. The first-order valence-corrected chi connectivity index (χ1v) is 9.92. The second-order valence-corrected chi connectivity index (χ2v) is 8.85. The molecule has 0 bridgehead atoms. The maximum Gasteiger partial charge on any atom is 0.244 e. The third-order valence-corrected chi connectivity index (χ3v) is 7.61. The second kappa shape index (κ2) is 6.57. The van der Waals surface area contributed by atoms with E-state index in [4.69, 9.17) is 11.6 Å². The van der Waals surface area contributed by atoms with Crippen molar-refractivity contribution >= 4 is 37.6 Å². The monoisotopic (exact) mass is 393 g/mol. The van der Waals surface area contributed by atoms with Crippen LogP contribution in [0.2, 0.25) is 0 Å². The average Bonchev–Trinajstić information content (AvgIpc) is 2.91. The van der Waals surface area contributed by atoms with Crippen molar-refractivity contribution in [2.75, 3.05) is 6.54 Å². The van der Waals surface area contributed by atoms with E-state index in [1.807, 2.05) is 13.0 Å². The van der Waals surface area contributed by atoms with Crippen molar-refractivity contribution in [2.24, 2.45) is 5.92 Å². The van der Waals surface area contributed by atoms with Gasteiger partial charge in [-0.05, 0) is 58.8 Å². The minimum absolute atomic E-state index is 0.0851. The van der Waals surface area contributed by atoms with Crippen LogP contribution in [-0.4, -0.2) is 25.3 Å². The molecule has 0 radical (unpaired) electrons. The molecule has 118 valence electrons. The van der Waals surface area contributed by atoms with Crippen LogP contribution in [0.3, 0.4) is 0 Å². The Morgan fingerprint density at radius 1 is 1.43 bits per heavy atom. The maximum absolute atomic E-state index is 13.0. The molecule has 0 N–H and O–H groups in total. The van der Waals surface area contributed by atoms with E-state index in [1.54, 1.807) is 10.4 Å². The van der Waals surface area contributed by atoms with Crippen molar-refractivity contribution in [3.63, 3.8) is 0 Å². The van der Waals surface area contributed by atoms with Gasteiger partial charge in [0.25, 0.3) is 0 Å². The highest BCUT2D eigenvalue weighted by Gasteiger charge is 2.37. The maximum atomic E-state index is 13.0. The predicted molar refractivity (Wildman–Crippen MR) is 90.2 cm³/mol. The van der Waals surface area contributed by atoms with Crippen LogP contribution in [0.5, 0.6) is 0 Å². The third-order valence-electron chi connectivity index (χ3n) is 4.04. The first kappa shape index (κ1) is 17.3. The van der Waals surface area contributed by atoms with E-state index in [-0.39, 0.29) is 6.04 Å². The molecule has 0 aliphatic carbocycles. The summed E-state index contributed by atoms with van der Waals surface area (Å²) in [6.07, 6.45) is 1.86.